The van der Waals surface area contributed by atoms with E-state index in [1.165, 1.54) is 31.5 Å². The molecule has 2 N–H and O–H groups in total. The van der Waals surface area contributed by atoms with E-state index in [9.17, 15) is 9.59 Å². The van der Waals surface area contributed by atoms with Gasteiger partial charge >= 0.3 is 5.97 Å². The Morgan fingerprint density at radius 3 is 2.54 bits per heavy atom. The molecule has 24 heavy (non-hydrogen) atoms. The molecule has 1 heterocycles. The topological polar surface area (TPSA) is 101 Å². The van der Waals surface area contributed by atoms with Gasteiger partial charge in [0.1, 0.15) is 17.1 Å². The Kier molecular flexibility index (Phi) is 5.13. The number of carboxylic acid groups (broad SMARTS) is 1. The van der Waals surface area contributed by atoms with Crippen molar-refractivity contribution < 1.29 is 19.4 Å². The van der Waals surface area contributed by atoms with Gasteiger partial charge in [0.05, 0.1) is 18.4 Å². The van der Waals surface area contributed by atoms with Crippen LogP contribution in [-0.4, -0.2) is 34.1 Å². The second-order valence-corrected chi connectivity index (χ2v) is 5.55. The second kappa shape index (κ2) is 7.08. The first-order chi connectivity index (χ1) is 11.3. The summed E-state index contributed by atoms with van der Waals surface area (Å²) in [6.45, 7) is 5.66. The number of nitrogens with one attached hydrogen (secondary N) is 1. The molecule has 0 atom stereocenters. The number of carbonyl (C=O) groups is 2. The summed E-state index contributed by atoms with van der Waals surface area (Å²) >= 11 is 0. The highest BCUT2D eigenvalue weighted by Gasteiger charge is 2.18. The van der Waals surface area contributed by atoms with Gasteiger partial charge in [-0.1, -0.05) is 13.8 Å². The van der Waals surface area contributed by atoms with E-state index >= 15 is 0 Å². The lowest BCUT2D eigenvalue weighted by Crippen LogP contribution is -2.17. The number of aromatic nitrogens is 2. The fourth-order valence-corrected chi connectivity index (χ4v) is 2.25. The summed E-state index contributed by atoms with van der Waals surface area (Å²) in [6, 6.07) is 4.35. The van der Waals surface area contributed by atoms with Crippen LogP contribution in [0.25, 0.3) is 0 Å². The molecule has 2 aromatic rings. The van der Waals surface area contributed by atoms with Crippen LogP contribution in [0.1, 0.15) is 52.0 Å². The molecule has 7 nitrogen and oxygen atoms in total. The van der Waals surface area contributed by atoms with Crippen molar-refractivity contribution in [2.24, 2.45) is 0 Å². The predicted octanol–water partition coefficient (Wildman–Crippen LogP) is 2.87. The van der Waals surface area contributed by atoms with Gasteiger partial charge in [-0.25, -0.2) is 14.8 Å². The van der Waals surface area contributed by atoms with Crippen molar-refractivity contribution in [2.75, 3.05) is 12.4 Å². The van der Waals surface area contributed by atoms with Gasteiger partial charge in [-0.05, 0) is 25.0 Å². The molecule has 0 bridgehead atoms. The number of amides is 1. The SMILES string of the molecule is COc1cc(NC(=O)c2cnc(C)nc2C(C)C)ccc1C(=O)O. The van der Waals surface area contributed by atoms with Gasteiger partial charge in [0, 0.05) is 18.0 Å². The molecule has 1 aromatic carbocycles. The van der Waals surface area contributed by atoms with Crippen molar-refractivity contribution >= 4 is 17.6 Å². The zero-order chi connectivity index (χ0) is 17.9. The maximum Gasteiger partial charge on any atom is 0.339 e. The lowest BCUT2D eigenvalue weighted by molar-refractivity contribution is 0.0693. The monoisotopic (exact) mass is 329 g/mol. The molecule has 0 fully saturated rings. The summed E-state index contributed by atoms with van der Waals surface area (Å²) in [7, 11) is 1.37. The molecular weight excluding hydrogens is 310 g/mol. The van der Waals surface area contributed by atoms with E-state index in [0.29, 0.717) is 22.8 Å². The molecule has 0 aliphatic carbocycles. The van der Waals surface area contributed by atoms with Crippen LogP contribution < -0.4 is 10.1 Å². The number of ether oxygens (including phenoxy) is 1. The van der Waals surface area contributed by atoms with Gasteiger partial charge in [-0.3, -0.25) is 4.79 Å². The summed E-state index contributed by atoms with van der Waals surface area (Å²) in [4.78, 5) is 32.0. The molecule has 0 saturated heterocycles. The number of aromatic carboxylic acids is 1. The number of benzene rings is 1. The van der Waals surface area contributed by atoms with Gasteiger partial charge < -0.3 is 15.2 Å². The number of hydrogen-bond acceptors (Lipinski definition) is 5. The Bertz CT molecular complexity index is 787. The number of hydrogen-bond donors (Lipinski definition) is 2. The summed E-state index contributed by atoms with van der Waals surface area (Å²) in [6.07, 6.45) is 1.50. The molecule has 0 saturated carbocycles. The van der Waals surface area contributed by atoms with Crippen LogP contribution in [0, 0.1) is 6.92 Å². The summed E-state index contributed by atoms with van der Waals surface area (Å²) in [5, 5.41) is 11.8. The molecule has 0 unspecified atom stereocenters. The Morgan fingerprint density at radius 2 is 1.96 bits per heavy atom. The minimum absolute atomic E-state index is 0.0250. The minimum atomic E-state index is -1.10. The van der Waals surface area contributed by atoms with Gasteiger partial charge in [-0.2, -0.15) is 0 Å². The van der Waals surface area contributed by atoms with E-state index in [-0.39, 0.29) is 23.1 Å². The van der Waals surface area contributed by atoms with E-state index in [1.807, 2.05) is 13.8 Å². The highest BCUT2D eigenvalue weighted by atomic mass is 16.5. The Morgan fingerprint density at radius 1 is 1.25 bits per heavy atom. The van der Waals surface area contributed by atoms with Crippen molar-refractivity contribution in [3.05, 3.63) is 47.0 Å². The van der Waals surface area contributed by atoms with Gasteiger partial charge in [-0.15, -0.1) is 0 Å². The molecule has 7 heteroatoms. The lowest BCUT2D eigenvalue weighted by Gasteiger charge is -2.13. The smallest absolute Gasteiger partial charge is 0.339 e. The summed E-state index contributed by atoms with van der Waals surface area (Å²) in [5.74, 6) is -0.619. The highest BCUT2D eigenvalue weighted by molar-refractivity contribution is 6.05. The van der Waals surface area contributed by atoms with Crippen molar-refractivity contribution in [1.29, 1.82) is 0 Å². The quantitative estimate of drug-likeness (QED) is 0.874. The van der Waals surface area contributed by atoms with E-state index in [4.69, 9.17) is 9.84 Å². The Labute approximate surface area is 139 Å². The van der Waals surface area contributed by atoms with Crippen LogP contribution in [0.15, 0.2) is 24.4 Å². The number of carboxylic acids is 1. The molecule has 1 aromatic heterocycles. The van der Waals surface area contributed by atoms with Crippen LogP contribution >= 0.6 is 0 Å². The number of anilines is 1. The average molecular weight is 329 g/mol. The second-order valence-electron chi connectivity index (χ2n) is 5.55. The standard InChI is InChI=1S/C17H19N3O4/c1-9(2)15-13(8-18-10(3)19-15)16(21)20-11-5-6-12(17(22)23)14(7-11)24-4/h5-9H,1-4H3,(H,20,21)(H,22,23). The van der Waals surface area contributed by atoms with E-state index in [1.54, 1.807) is 6.92 Å². The molecule has 0 radical (unpaired) electrons. The predicted molar refractivity (Wildman–Crippen MR) is 88.8 cm³/mol. The third kappa shape index (κ3) is 3.68. The molecule has 0 aliphatic heterocycles. The van der Waals surface area contributed by atoms with Crippen molar-refractivity contribution in [1.82, 2.24) is 9.97 Å². The average Bonchev–Trinajstić information content (AvgIpc) is 2.54. The third-order valence-corrected chi connectivity index (χ3v) is 3.42. The fraction of sp³-hybridized carbons (Fsp3) is 0.294. The zero-order valence-corrected chi connectivity index (χ0v) is 14.0. The van der Waals surface area contributed by atoms with Crippen LogP contribution in [0.2, 0.25) is 0 Å². The van der Waals surface area contributed by atoms with Gasteiger partial charge in [0.25, 0.3) is 5.91 Å². The van der Waals surface area contributed by atoms with E-state index in [2.05, 4.69) is 15.3 Å². The largest absolute Gasteiger partial charge is 0.496 e. The van der Waals surface area contributed by atoms with Crippen molar-refractivity contribution in [2.45, 2.75) is 26.7 Å². The number of aryl methyl sites for hydroxylation is 1. The first-order valence-corrected chi connectivity index (χ1v) is 7.39. The maximum atomic E-state index is 12.5. The first-order valence-electron chi connectivity index (χ1n) is 7.39. The number of methoxy groups -OCH3 is 1. The molecule has 0 spiro atoms. The van der Waals surface area contributed by atoms with E-state index < -0.39 is 5.97 Å². The summed E-state index contributed by atoms with van der Waals surface area (Å²) in [5.41, 5.74) is 1.50. The number of rotatable bonds is 5. The summed E-state index contributed by atoms with van der Waals surface area (Å²) < 4.78 is 5.06. The molecule has 1 amide bonds. The molecule has 0 aliphatic rings. The molecule has 2 rings (SSSR count). The number of carbonyl (C=O) groups excluding carboxylic acids is 1. The minimum Gasteiger partial charge on any atom is -0.496 e. The molecule has 126 valence electrons. The maximum absolute atomic E-state index is 12.5. The fourth-order valence-electron chi connectivity index (χ4n) is 2.25. The van der Waals surface area contributed by atoms with Crippen LogP contribution in [-0.2, 0) is 0 Å². The van der Waals surface area contributed by atoms with Gasteiger partial charge in [0.15, 0.2) is 0 Å². The molecular formula is C17H19N3O4. The van der Waals surface area contributed by atoms with E-state index in [0.717, 1.165) is 0 Å². The normalized spacial score (nSPS) is 10.5. The lowest BCUT2D eigenvalue weighted by atomic mass is 10.0. The first kappa shape index (κ1) is 17.4. The number of nitrogens with zero attached hydrogens (tertiary/aromatic N) is 2. The highest BCUT2D eigenvalue weighted by Crippen LogP contribution is 2.24. The van der Waals surface area contributed by atoms with Crippen LogP contribution in [0.4, 0.5) is 5.69 Å². The van der Waals surface area contributed by atoms with Crippen molar-refractivity contribution in [3.63, 3.8) is 0 Å². The Hall–Kier alpha value is -2.96. The van der Waals surface area contributed by atoms with Crippen molar-refractivity contribution in [3.8, 4) is 5.75 Å². The zero-order valence-electron chi connectivity index (χ0n) is 14.0. The van der Waals surface area contributed by atoms with Crippen LogP contribution in [0.5, 0.6) is 5.75 Å². The van der Waals surface area contributed by atoms with Gasteiger partial charge in [0.2, 0.25) is 0 Å². The Balaban J connectivity index is 2.32. The third-order valence-electron chi connectivity index (χ3n) is 3.42. The van der Waals surface area contributed by atoms with Crippen LogP contribution in [0.3, 0.4) is 0 Å².